The molecule has 4 rings (SSSR count). The summed E-state index contributed by atoms with van der Waals surface area (Å²) >= 11 is 1.01. The number of amides is 1. The van der Waals surface area contributed by atoms with E-state index >= 15 is 0 Å². The number of nitrogens with one attached hydrogen (secondary N) is 1. The first kappa shape index (κ1) is 23.4. The zero-order valence-electron chi connectivity index (χ0n) is 17.0. The Balaban J connectivity index is 1.62. The number of nitrogens with zero attached hydrogens (tertiary/aromatic N) is 1. The van der Waals surface area contributed by atoms with Gasteiger partial charge in [-0.05, 0) is 48.0 Å². The third-order valence-corrected chi connectivity index (χ3v) is 7.63. The van der Waals surface area contributed by atoms with Crippen LogP contribution < -0.4 is 5.32 Å². The Morgan fingerprint density at radius 3 is 2.47 bits per heavy atom. The molecule has 34 heavy (non-hydrogen) atoms. The van der Waals surface area contributed by atoms with Gasteiger partial charge in [0.1, 0.15) is 11.6 Å². The maximum Gasteiger partial charge on any atom is 0.311 e. The van der Waals surface area contributed by atoms with E-state index in [1.54, 1.807) is 0 Å². The molecule has 174 valence electrons. The fourth-order valence-corrected chi connectivity index (χ4v) is 5.53. The quantitative estimate of drug-likeness (QED) is 0.294. The van der Waals surface area contributed by atoms with Gasteiger partial charge >= 0.3 is 5.69 Å². The number of halogens is 2. The lowest BCUT2D eigenvalue weighted by molar-refractivity contribution is -0.385. The number of phenols is 1. The van der Waals surface area contributed by atoms with Crippen LogP contribution in [0.25, 0.3) is 6.08 Å². The lowest BCUT2D eigenvalue weighted by atomic mass is 10.1. The van der Waals surface area contributed by atoms with Gasteiger partial charge in [0.05, 0.1) is 26.2 Å². The number of hydrogen-bond acceptors (Lipinski definition) is 7. The number of fused-ring (bicyclic) bond motifs is 1. The van der Waals surface area contributed by atoms with Gasteiger partial charge in [-0.3, -0.25) is 14.9 Å². The molecular weight excluding hydrogens is 490 g/mol. The highest BCUT2D eigenvalue weighted by Gasteiger charge is 2.26. The summed E-state index contributed by atoms with van der Waals surface area (Å²) in [6.07, 6.45) is 1.39. The van der Waals surface area contributed by atoms with E-state index in [-0.39, 0.29) is 15.5 Å². The van der Waals surface area contributed by atoms with Gasteiger partial charge in [-0.1, -0.05) is 23.9 Å². The largest absolute Gasteiger partial charge is 0.502 e. The Kier molecular flexibility index (Phi) is 6.11. The number of anilines is 1. The van der Waals surface area contributed by atoms with Crippen molar-refractivity contribution in [1.82, 2.24) is 0 Å². The van der Waals surface area contributed by atoms with Gasteiger partial charge < -0.3 is 10.4 Å². The maximum atomic E-state index is 13.9. The highest BCUT2D eigenvalue weighted by atomic mass is 32.2. The predicted molar refractivity (Wildman–Crippen MR) is 121 cm³/mol. The number of rotatable bonds is 5. The third-order valence-electron chi connectivity index (χ3n) is 4.89. The Labute approximate surface area is 196 Å². The molecule has 0 radical (unpaired) electrons. The van der Waals surface area contributed by atoms with Gasteiger partial charge in [0.25, 0.3) is 5.91 Å². The molecule has 3 aromatic carbocycles. The molecule has 2 N–H and O–H groups in total. The molecule has 1 amide bonds. The fraction of sp³-hybridized carbons (Fsp3) is 0.0455. The van der Waals surface area contributed by atoms with Gasteiger partial charge in [0, 0.05) is 16.5 Å². The second-order valence-electron chi connectivity index (χ2n) is 7.19. The number of nitro benzene ring substituents is 1. The van der Waals surface area contributed by atoms with Crippen LogP contribution in [-0.4, -0.2) is 24.4 Å². The molecular formula is C22H14F2N2O6S2. The molecule has 3 aromatic rings. The number of phenolic OH excluding ortho intramolecular Hbond substituents is 1. The van der Waals surface area contributed by atoms with Gasteiger partial charge in [0.15, 0.2) is 15.6 Å². The lowest BCUT2D eigenvalue weighted by Crippen LogP contribution is -2.18. The fourth-order valence-electron chi connectivity index (χ4n) is 3.20. The summed E-state index contributed by atoms with van der Waals surface area (Å²) in [5.74, 6) is -3.94. The number of thioether (sulfide) groups is 1. The van der Waals surface area contributed by atoms with Crippen molar-refractivity contribution in [3.8, 4) is 5.75 Å². The van der Waals surface area contributed by atoms with Crippen molar-refractivity contribution in [2.45, 2.75) is 15.5 Å². The van der Waals surface area contributed by atoms with Crippen molar-refractivity contribution in [3.05, 3.63) is 92.4 Å². The van der Waals surface area contributed by atoms with Gasteiger partial charge in [0.2, 0.25) is 0 Å². The topological polar surface area (TPSA) is 127 Å². The Hall–Kier alpha value is -3.77. The molecule has 1 aliphatic rings. The number of benzene rings is 3. The highest BCUT2D eigenvalue weighted by Crippen LogP contribution is 2.40. The number of carbonyl (C=O) groups is 1. The summed E-state index contributed by atoms with van der Waals surface area (Å²) in [4.78, 5) is 23.3. The molecule has 0 unspecified atom stereocenters. The Morgan fingerprint density at radius 2 is 1.79 bits per heavy atom. The van der Waals surface area contributed by atoms with Gasteiger partial charge in [-0.15, -0.1) is 0 Å². The van der Waals surface area contributed by atoms with E-state index in [4.69, 9.17) is 0 Å². The second kappa shape index (κ2) is 8.88. The number of carbonyl (C=O) groups excluding carboxylic acids is 1. The maximum absolute atomic E-state index is 13.9. The average molecular weight is 504 g/mol. The molecule has 1 heterocycles. The summed E-state index contributed by atoms with van der Waals surface area (Å²) in [7, 11) is -4.13. The minimum Gasteiger partial charge on any atom is -0.502 e. The van der Waals surface area contributed by atoms with E-state index in [0.29, 0.717) is 10.5 Å². The van der Waals surface area contributed by atoms with Crippen LogP contribution >= 0.6 is 11.8 Å². The summed E-state index contributed by atoms with van der Waals surface area (Å²) < 4.78 is 53.3. The Bertz CT molecular complexity index is 1470. The normalized spacial score (nSPS) is 14.5. The number of aromatic hydroxyl groups is 1. The zero-order chi connectivity index (χ0) is 24.6. The van der Waals surface area contributed by atoms with E-state index in [9.17, 15) is 37.2 Å². The minimum absolute atomic E-state index is 0.177. The van der Waals surface area contributed by atoms with Crippen molar-refractivity contribution >= 4 is 45.0 Å². The lowest BCUT2D eigenvalue weighted by Gasteiger charge is -2.19. The number of nitro groups is 1. The first-order valence-corrected chi connectivity index (χ1v) is 12.0. The van der Waals surface area contributed by atoms with Crippen LogP contribution in [-0.2, 0) is 20.4 Å². The molecule has 0 saturated carbocycles. The third kappa shape index (κ3) is 4.63. The van der Waals surface area contributed by atoms with Crippen molar-refractivity contribution in [3.63, 3.8) is 0 Å². The molecule has 12 heteroatoms. The van der Waals surface area contributed by atoms with Gasteiger partial charge in [-0.25, -0.2) is 17.2 Å². The minimum atomic E-state index is -4.13. The van der Waals surface area contributed by atoms with Crippen molar-refractivity contribution in [2.75, 3.05) is 5.32 Å². The van der Waals surface area contributed by atoms with Crippen LogP contribution in [0.3, 0.4) is 0 Å². The van der Waals surface area contributed by atoms with Crippen molar-refractivity contribution in [1.29, 1.82) is 0 Å². The van der Waals surface area contributed by atoms with E-state index in [0.717, 1.165) is 42.1 Å². The smallest absolute Gasteiger partial charge is 0.311 e. The van der Waals surface area contributed by atoms with Crippen molar-refractivity contribution in [2.24, 2.45) is 0 Å². The van der Waals surface area contributed by atoms with E-state index < -0.39 is 55.1 Å². The average Bonchev–Trinajstić information content (AvgIpc) is 2.77. The SMILES string of the molecule is O=C1Nc2cc(S(=O)(=O)Cc3c(F)cccc3F)ccc2SC1=Cc1ccc(O)c([N+](=O)[O-])c1. The molecule has 0 bridgehead atoms. The molecule has 1 aliphatic heterocycles. The van der Waals surface area contributed by atoms with Crippen LogP contribution in [0.4, 0.5) is 20.2 Å². The van der Waals surface area contributed by atoms with E-state index in [1.807, 2.05) is 0 Å². The van der Waals surface area contributed by atoms with Crippen LogP contribution in [0.1, 0.15) is 11.1 Å². The Morgan fingerprint density at radius 1 is 1.09 bits per heavy atom. The van der Waals surface area contributed by atoms with Crippen LogP contribution in [0, 0.1) is 21.7 Å². The molecule has 0 aliphatic carbocycles. The molecule has 0 aromatic heterocycles. The summed E-state index contributed by atoms with van der Waals surface area (Å²) in [6.45, 7) is 0. The summed E-state index contributed by atoms with van der Waals surface area (Å²) in [5, 5.41) is 23.1. The molecule has 0 atom stereocenters. The molecule has 0 spiro atoms. The van der Waals surface area contributed by atoms with E-state index in [1.165, 1.54) is 30.3 Å². The summed E-state index contributed by atoms with van der Waals surface area (Å²) in [6, 6.07) is 10.6. The van der Waals surface area contributed by atoms with Crippen molar-refractivity contribution < 1.29 is 32.0 Å². The van der Waals surface area contributed by atoms with Gasteiger partial charge in [-0.2, -0.15) is 0 Å². The molecule has 0 saturated heterocycles. The first-order chi connectivity index (χ1) is 16.0. The van der Waals surface area contributed by atoms with Crippen LogP contribution in [0.15, 0.2) is 69.3 Å². The monoisotopic (exact) mass is 504 g/mol. The molecule has 8 nitrogen and oxygen atoms in total. The second-order valence-corrected chi connectivity index (χ2v) is 10.3. The highest BCUT2D eigenvalue weighted by molar-refractivity contribution is 8.04. The van der Waals surface area contributed by atoms with Crippen LogP contribution in [0.2, 0.25) is 0 Å². The van der Waals surface area contributed by atoms with Crippen LogP contribution in [0.5, 0.6) is 5.75 Å². The number of sulfone groups is 1. The zero-order valence-corrected chi connectivity index (χ0v) is 18.6. The summed E-state index contributed by atoms with van der Waals surface area (Å²) in [5.41, 5.74) is -0.598. The first-order valence-electron chi connectivity index (χ1n) is 9.53. The molecule has 0 fully saturated rings. The number of hydrogen-bond donors (Lipinski definition) is 2. The van der Waals surface area contributed by atoms with E-state index in [2.05, 4.69) is 5.32 Å². The standard InChI is InChI=1S/C22H14F2N2O6S2/c23-15-2-1-3-16(24)14(15)11-34(31,32)13-5-7-20-17(10-13)25-22(28)21(33-20)9-12-4-6-19(27)18(8-12)26(29)30/h1-10,27H,11H2,(H,25,28). The predicted octanol–water partition coefficient (Wildman–Crippen LogP) is 4.64.